The van der Waals surface area contributed by atoms with Crippen molar-refractivity contribution in [2.45, 2.75) is 19.3 Å². The number of rotatable bonds is 8. The highest BCUT2D eigenvalue weighted by atomic mass is 32.2. The Bertz CT molecular complexity index is 2150. The highest BCUT2D eigenvalue weighted by molar-refractivity contribution is 7.90. The van der Waals surface area contributed by atoms with Crippen LogP contribution in [0.25, 0.3) is 55.4 Å². The molecule has 0 unspecified atom stereocenters. The van der Waals surface area contributed by atoms with Crippen molar-refractivity contribution in [2.24, 2.45) is 5.92 Å². The van der Waals surface area contributed by atoms with Gasteiger partial charge >= 0.3 is 0 Å². The number of halogens is 1. The zero-order chi connectivity index (χ0) is 29.7. The van der Waals surface area contributed by atoms with Crippen molar-refractivity contribution in [1.82, 2.24) is 25.1 Å². The van der Waals surface area contributed by atoms with Crippen LogP contribution >= 0.6 is 0 Å². The summed E-state index contributed by atoms with van der Waals surface area (Å²) in [6, 6.07) is 14.4. The van der Waals surface area contributed by atoms with Gasteiger partial charge in [-0.15, -0.1) is 0 Å². The van der Waals surface area contributed by atoms with E-state index in [-0.39, 0.29) is 24.0 Å². The van der Waals surface area contributed by atoms with Crippen molar-refractivity contribution < 1.29 is 17.6 Å². The van der Waals surface area contributed by atoms with E-state index in [0.717, 1.165) is 57.0 Å². The van der Waals surface area contributed by atoms with Gasteiger partial charge in [-0.25, -0.2) is 12.8 Å². The molecule has 0 radical (unpaired) electrons. The molecule has 11 heteroatoms. The van der Waals surface area contributed by atoms with E-state index in [1.165, 1.54) is 18.4 Å². The topological polar surface area (TPSA) is 133 Å². The van der Waals surface area contributed by atoms with Crippen LogP contribution in [0.15, 0.2) is 73.3 Å². The third kappa shape index (κ3) is 5.63. The van der Waals surface area contributed by atoms with Crippen molar-refractivity contribution in [3.63, 3.8) is 0 Å². The molecule has 1 aliphatic carbocycles. The van der Waals surface area contributed by atoms with Crippen molar-refractivity contribution in [3.8, 4) is 33.6 Å². The van der Waals surface area contributed by atoms with Crippen LogP contribution in [-0.2, 0) is 21.1 Å². The maximum absolute atomic E-state index is 14.6. The van der Waals surface area contributed by atoms with Crippen LogP contribution < -0.4 is 5.32 Å². The summed E-state index contributed by atoms with van der Waals surface area (Å²) in [6.45, 7) is 0. The molecule has 0 atom stereocenters. The summed E-state index contributed by atoms with van der Waals surface area (Å²) < 4.78 is 38.0. The van der Waals surface area contributed by atoms with E-state index in [2.05, 4.69) is 30.5 Å². The molecule has 0 bridgehead atoms. The molecule has 2 aromatic carbocycles. The molecule has 1 saturated carbocycles. The summed E-state index contributed by atoms with van der Waals surface area (Å²) in [6.07, 6.45) is 10.0. The molecule has 1 amide bonds. The molecule has 0 spiro atoms. The van der Waals surface area contributed by atoms with Crippen LogP contribution in [-0.4, -0.2) is 51.5 Å². The number of amides is 1. The van der Waals surface area contributed by atoms with E-state index < -0.39 is 15.7 Å². The Morgan fingerprint density at radius 3 is 2.58 bits per heavy atom. The van der Waals surface area contributed by atoms with Crippen molar-refractivity contribution >= 4 is 43.2 Å². The number of fused-ring (bicyclic) bond motifs is 2. The van der Waals surface area contributed by atoms with Crippen molar-refractivity contribution in [1.29, 1.82) is 0 Å². The number of hydrogen-bond acceptors (Lipinski definition) is 6. The Balaban J connectivity index is 1.25. The Morgan fingerprint density at radius 1 is 0.930 bits per heavy atom. The minimum absolute atomic E-state index is 0.0302. The van der Waals surface area contributed by atoms with Gasteiger partial charge in [0.2, 0.25) is 5.91 Å². The first-order valence-electron chi connectivity index (χ1n) is 13.9. The van der Waals surface area contributed by atoms with E-state index >= 15 is 0 Å². The largest absolute Gasteiger partial charge is 0.352 e. The number of anilines is 1. The number of nitrogens with zero attached hydrogens (tertiary/aromatic N) is 3. The van der Waals surface area contributed by atoms with Gasteiger partial charge in [0.15, 0.2) is 0 Å². The number of pyridine rings is 2. The number of aryl methyl sites for hydroxylation is 1. The Morgan fingerprint density at radius 2 is 1.77 bits per heavy atom. The molecule has 43 heavy (non-hydrogen) atoms. The van der Waals surface area contributed by atoms with E-state index in [4.69, 9.17) is 0 Å². The second kappa shape index (κ2) is 10.4. The fourth-order valence-corrected chi connectivity index (χ4v) is 5.92. The third-order valence-corrected chi connectivity index (χ3v) is 8.63. The van der Waals surface area contributed by atoms with Crippen LogP contribution in [0.2, 0.25) is 0 Å². The summed E-state index contributed by atoms with van der Waals surface area (Å²) in [4.78, 5) is 24.4. The van der Waals surface area contributed by atoms with E-state index in [1.54, 1.807) is 24.8 Å². The van der Waals surface area contributed by atoms with Crippen LogP contribution in [0.1, 0.15) is 18.4 Å². The molecule has 4 aromatic heterocycles. The third-order valence-electron chi connectivity index (χ3n) is 7.68. The first-order valence-corrected chi connectivity index (χ1v) is 16.0. The predicted octanol–water partition coefficient (Wildman–Crippen LogP) is 5.91. The summed E-state index contributed by atoms with van der Waals surface area (Å²) in [5.41, 5.74) is 7.45. The average molecular weight is 595 g/mol. The number of aromatic nitrogens is 5. The smallest absolute Gasteiger partial charge is 0.227 e. The molecule has 0 aliphatic heterocycles. The van der Waals surface area contributed by atoms with Gasteiger partial charge in [0.05, 0.1) is 40.6 Å². The van der Waals surface area contributed by atoms with Crippen LogP contribution in [0.4, 0.5) is 10.1 Å². The Labute approximate surface area is 246 Å². The SMILES string of the molecule is CS(=O)(=O)CCc1cc(F)cc(-c2cncc3[nH]c(-c4n[nH]c5ccc(-c6cncc(NC(=O)C7CC7)c6)cc45)cc23)c1. The second-order valence-corrected chi connectivity index (χ2v) is 13.4. The van der Waals surface area contributed by atoms with Gasteiger partial charge < -0.3 is 10.3 Å². The normalized spacial score (nSPS) is 13.5. The fraction of sp³-hybridized carbons (Fsp3) is 0.188. The quantitative estimate of drug-likeness (QED) is 0.201. The van der Waals surface area contributed by atoms with Gasteiger partial charge in [-0.2, -0.15) is 5.10 Å². The maximum atomic E-state index is 14.6. The Hall–Kier alpha value is -4.90. The van der Waals surface area contributed by atoms with Crippen LogP contribution in [0, 0.1) is 11.7 Å². The van der Waals surface area contributed by atoms with Gasteiger partial charge in [0.25, 0.3) is 0 Å². The molecular weight excluding hydrogens is 567 g/mol. The monoisotopic (exact) mass is 594 g/mol. The van der Waals surface area contributed by atoms with Gasteiger partial charge in [-0.3, -0.25) is 19.9 Å². The lowest BCUT2D eigenvalue weighted by atomic mass is 10.00. The molecule has 6 aromatic rings. The molecule has 216 valence electrons. The molecular formula is C32H27FN6O3S. The molecule has 9 nitrogen and oxygen atoms in total. The molecule has 1 fully saturated rings. The van der Waals surface area contributed by atoms with Crippen molar-refractivity contribution in [3.05, 3.63) is 84.7 Å². The van der Waals surface area contributed by atoms with E-state index in [9.17, 15) is 17.6 Å². The zero-order valence-corrected chi connectivity index (χ0v) is 24.0. The van der Waals surface area contributed by atoms with E-state index in [1.807, 2.05) is 36.4 Å². The lowest BCUT2D eigenvalue weighted by Crippen LogP contribution is -2.13. The molecule has 7 rings (SSSR count). The lowest BCUT2D eigenvalue weighted by Gasteiger charge is -2.07. The average Bonchev–Trinajstić information content (AvgIpc) is 3.61. The minimum atomic E-state index is -3.19. The molecule has 4 heterocycles. The molecule has 1 aliphatic rings. The summed E-state index contributed by atoms with van der Waals surface area (Å²) in [7, 11) is -3.19. The predicted molar refractivity (Wildman–Crippen MR) is 165 cm³/mol. The lowest BCUT2D eigenvalue weighted by molar-refractivity contribution is -0.117. The first kappa shape index (κ1) is 27.0. The van der Waals surface area contributed by atoms with Gasteiger partial charge in [0.1, 0.15) is 21.3 Å². The van der Waals surface area contributed by atoms with Gasteiger partial charge in [-0.1, -0.05) is 12.1 Å². The van der Waals surface area contributed by atoms with Gasteiger partial charge in [0, 0.05) is 46.5 Å². The van der Waals surface area contributed by atoms with Crippen LogP contribution in [0.3, 0.4) is 0 Å². The number of benzene rings is 2. The summed E-state index contributed by atoms with van der Waals surface area (Å²) in [5.74, 6) is -0.368. The number of carbonyl (C=O) groups is 1. The van der Waals surface area contributed by atoms with Crippen LogP contribution in [0.5, 0.6) is 0 Å². The molecule has 0 saturated heterocycles. The number of H-pyrrole nitrogens is 2. The number of sulfone groups is 1. The summed E-state index contributed by atoms with van der Waals surface area (Å²) in [5, 5.41) is 12.4. The number of aromatic amines is 2. The highest BCUT2D eigenvalue weighted by Crippen LogP contribution is 2.36. The van der Waals surface area contributed by atoms with E-state index in [0.29, 0.717) is 22.5 Å². The minimum Gasteiger partial charge on any atom is -0.352 e. The summed E-state index contributed by atoms with van der Waals surface area (Å²) >= 11 is 0. The second-order valence-electron chi connectivity index (χ2n) is 11.1. The standard InChI is InChI=1S/C32H27FN6O3S/c1-43(41,42)7-6-18-8-21(10-23(33)9-18)27-16-35-17-30-25(27)13-29(37-30)31-26-12-20(4-5-28(26)38-39-31)22-11-24(15-34-14-22)36-32(40)19-2-3-19/h4-5,8-17,19,37H,2-3,6-7H2,1H3,(H,36,40)(H,38,39). The first-order chi connectivity index (χ1) is 20.7. The highest BCUT2D eigenvalue weighted by Gasteiger charge is 2.29. The van der Waals surface area contributed by atoms with Gasteiger partial charge in [-0.05, 0) is 72.4 Å². The zero-order valence-electron chi connectivity index (χ0n) is 23.2. The molecule has 3 N–H and O–H groups in total. The number of hydrogen-bond donors (Lipinski definition) is 3. The van der Waals surface area contributed by atoms with Crippen molar-refractivity contribution in [2.75, 3.05) is 17.3 Å². The maximum Gasteiger partial charge on any atom is 0.227 e. The number of carbonyl (C=O) groups excluding carboxylic acids is 1. The fourth-order valence-electron chi connectivity index (χ4n) is 5.32. The Kier molecular flexibility index (Phi) is 6.54. The number of nitrogens with one attached hydrogen (secondary N) is 3.